The van der Waals surface area contributed by atoms with Gasteiger partial charge in [0.05, 0.1) is 0 Å². The summed E-state index contributed by atoms with van der Waals surface area (Å²) in [7, 11) is 1.89. The van der Waals surface area contributed by atoms with Crippen molar-refractivity contribution in [2.24, 2.45) is 0 Å². The van der Waals surface area contributed by atoms with Crippen LogP contribution >= 0.6 is 12.2 Å². The Kier molecular flexibility index (Phi) is 4.75. The van der Waals surface area contributed by atoms with E-state index in [1.165, 1.54) is 5.56 Å². The van der Waals surface area contributed by atoms with Crippen molar-refractivity contribution in [2.75, 3.05) is 17.7 Å². The molecule has 98 valence electrons. The van der Waals surface area contributed by atoms with Gasteiger partial charge in [-0.1, -0.05) is 36.4 Å². The smallest absolute Gasteiger partial charge is 0.171 e. The molecular weight excluding hydrogens is 254 g/mol. The maximum atomic E-state index is 5.27. The molecule has 0 atom stereocenters. The number of hydrogen-bond donors (Lipinski definition) is 3. The van der Waals surface area contributed by atoms with Gasteiger partial charge < -0.3 is 16.0 Å². The lowest BCUT2D eigenvalue weighted by Crippen LogP contribution is -2.27. The summed E-state index contributed by atoms with van der Waals surface area (Å²) in [6, 6.07) is 18.2. The molecule has 0 aromatic heterocycles. The molecule has 2 rings (SSSR count). The minimum absolute atomic E-state index is 0.622. The molecule has 0 bridgehead atoms. The van der Waals surface area contributed by atoms with Crippen LogP contribution in [-0.2, 0) is 6.54 Å². The minimum atomic E-state index is 0.622. The Bertz CT molecular complexity index is 540. The van der Waals surface area contributed by atoms with Gasteiger partial charge in [-0.15, -0.1) is 0 Å². The molecule has 0 fully saturated rings. The van der Waals surface area contributed by atoms with Crippen LogP contribution in [0.25, 0.3) is 0 Å². The number of anilines is 2. The van der Waals surface area contributed by atoms with E-state index in [4.69, 9.17) is 12.2 Å². The van der Waals surface area contributed by atoms with Crippen molar-refractivity contribution in [3.8, 4) is 0 Å². The molecule has 19 heavy (non-hydrogen) atoms. The van der Waals surface area contributed by atoms with Gasteiger partial charge in [-0.3, -0.25) is 0 Å². The van der Waals surface area contributed by atoms with Crippen molar-refractivity contribution in [1.29, 1.82) is 0 Å². The van der Waals surface area contributed by atoms with E-state index in [2.05, 4.69) is 28.1 Å². The molecule has 3 nitrogen and oxygen atoms in total. The number of benzene rings is 2. The molecule has 2 aromatic carbocycles. The second kappa shape index (κ2) is 6.75. The first-order valence-electron chi connectivity index (χ1n) is 6.14. The average Bonchev–Trinajstić information content (AvgIpc) is 2.46. The van der Waals surface area contributed by atoms with Crippen LogP contribution < -0.4 is 16.0 Å². The highest BCUT2D eigenvalue weighted by Gasteiger charge is 1.98. The topological polar surface area (TPSA) is 36.1 Å². The van der Waals surface area contributed by atoms with E-state index in [0.717, 1.165) is 17.9 Å². The van der Waals surface area contributed by atoms with Crippen LogP contribution in [0.15, 0.2) is 54.6 Å². The fourth-order valence-electron chi connectivity index (χ4n) is 1.71. The highest BCUT2D eigenvalue weighted by molar-refractivity contribution is 7.80. The standard InChI is InChI=1S/C15H17N3S/c1-16-13-8-5-9-14(10-13)18-15(19)17-11-12-6-3-2-4-7-12/h2-10,16H,11H2,1H3,(H2,17,18,19). The van der Waals surface area contributed by atoms with Gasteiger partial charge in [-0.25, -0.2) is 0 Å². The fraction of sp³-hybridized carbons (Fsp3) is 0.133. The van der Waals surface area contributed by atoms with Gasteiger partial charge in [0.1, 0.15) is 0 Å². The maximum Gasteiger partial charge on any atom is 0.171 e. The molecule has 0 aliphatic carbocycles. The van der Waals surface area contributed by atoms with Gasteiger partial charge in [0.25, 0.3) is 0 Å². The van der Waals surface area contributed by atoms with Crippen molar-refractivity contribution in [1.82, 2.24) is 5.32 Å². The van der Waals surface area contributed by atoms with Crippen LogP contribution in [-0.4, -0.2) is 12.2 Å². The summed E-state index contributed by atoms with van der Waals surface area (Å²) >= 11 is 5.27. The fourth-order valence-corrected chi connectivity index (χ4v) is 1.90. The first-order valence-corrected chi connectivity index (χ1v) is 6.55. The Hall–Kier alpha value is -2.07. The molecule has 0 amide bonds. The summed E-state index contributed by atoms with van der Waals surface area (Å²) in [4.78, 5) is 0. The van der Waals surface area contributed by atoms with Crippen LogP contribution in [0.3, 0.4) is 0 Å². The summed E-state index contributed by atoms with van der Waals surface area (Å²) < 4.78 is 0. The van der Waals surface area contributed by atoms with E-state index in [9.17, 15) is 0 Å². The first-order chi connectivity index (χ1) is 9.28. The van der Waals surface area contributed by atoms with Crippen molar-refractivity contribution >= 4 is 28.7 Å². The molecule has 3 N–H and O–H groups in total. The lowest BCUT2D eigenvalue weighted by molar-refractivity contribution is 0.926. The summed E-state index contributed by atoms with van der Waals surface area (Å²) in [5.74, 6) is 0. The van der Waals surface area contributed by atoms with Crippen LogP contribution in [0.1, 0.15) is 5.56 Å². The monoisotopic (exact) mass is 271 g/mol. The summed E-state index contributed by atoms with van der Waals surface area (Å²) in [6.07, 6.45) is 0. The second-order valence-electron chi connectivity index (χ2n) is 4.12. The number of rotatable bonds is 4. The minimum Gasteiger partial charge on any atom is -0.388 e. The van der Waals surface area contributed by atoms with Crippen LogP contribution in [0.5, 0.6) is 0 Å². The van der Waals surface area contributed by atoms with Gasteiger partial charge in [0.2, 0.25) is 0 Å². The zero-order chi connectivity index (χ0) is 13.5. The summed E-state index contributed by atoms with van der Waals surface area (Å²) in [6.45, 7) is 0.721. The van der Waals surface area contributed by atoms with Gasteiger partial charge in [0, 0.05) is 25.0 Å². The molecule has 0 radical (unpaired) electrons. The normalized spacial score (nSPS) is 9.74. The van der Waals surface area contributed by atoms with Gasteiger partial charge in [0.15, 0.2) is 5.11 Å². The summed E-state index contributed by atoms with van der Waals surface area (Å²) in [5.41, 5.74) is 3.23. The number of nitrogens with one attached hydrogen (secondary N) is 3. The zero-order valence-electron chi connectivity index (χ0n) is 10.8. The molecular formula is C15H17N3S. The van der Waals surface area contributed by atoms with Gasteiger partial charge in [-0.2, -0.15) is 0 Å². The molecule has 0 unspecified atom stereocenters. The molecule has 0 saturated carbocycles. The second-order valence-corrected chi connectivity index (χ2v) is 4.53. The third-order valence-corrected chi connectivity index (χ3v) is 2.95. The Labute approximate surface area is 119 Å². The van der Waals surface area contributed by atoms with Crippen LogP contribution in [0, 0.1) is 0 Å². The van der Waals surface area contributed by atoms with E-state index >= 15 is 0 Å². The molecule has 0 spiro atoms. The Balaban J connectivity index is 1.87. The van der Waals surface area contributed by atoms with Crippen LogP contribution in [0.4, 0.5) is 11.4 Å². The quantitative estimate of drug-likeness (QED) is 0.746. The van der Waals surface area contributed by atoms with Crippen molar-refractivity contribution in [3.05, 3.63) is 60.2 Å². The molecule has 0 heterocycles. The van der Waals surface area contributed by atoms with E-state index in [1.54, 1.807) is 0 Å². The number of hydrogen-bond acceptors (Lipinski definition) is 2. The average molecular weight is 271 g/mol. The maximum absolute atomic E-state index is 5.27. The molecule has 0 aliphatic rings. The Morgan fingerprint density at radius 3 is 2.47 bits per heavy atom. The van der Waals surface area contributed by atoms with E-state index in [0.29, 0.717) is 5.11 Å². The number of thiocarbonyl (C=S) groups is 1. The third-order valence-electron chi connectivity index (χ3n) is 2.71. The first kappa shape index (κ1) is 13.4. The molecule has 4 heteroatoms. The molecule has 0 saturated heterocycles. The zero-order valence-corrected chi connectivity index (χ0v) is 11.6. The van der Waals surface area contributed by atoms with E-state index in [-0.39, 0.29) is 0 Å². The van der Waals surface area contributed by atoms with Gasteiger partial charge >= 0.3 is 0 Å². The Morgan fingerprint density at radius 2 is 1.74 bits per heavy atom. The lowest BCUT2D eigenvalue weighted by atomic mass is 10.2. The van der Waals surface area contributed by atoms with E-state index < -0.39 is 0 Å². The van der Waals surface area contributed by atoms with Crippen molar-refractivity contribution in [3.63, 3.8) is 0 Å². The molecule has 0 aliphatic heterocycles. The predicted molar refractivity (Wildman–Crippen MR) is 85.5 cm³/mol. The SMILES string of the molecule is CNc1cccc(NC(=S)NCc2ccccc2)c1. The Morgan fingerprint density at radius 1 is 1.00 bits per heavy atom. The summed E-state index contributed by atoms with van der Waals surface area (Å²) in [5, 5.41) is 10.1. The predicted octanol–water partition coefficient (Wildman–Crippen LogP) is 3.21. The highest BCUT2D eigenvalue weighted by Crippen LogP contribution is 2.14. The molecule has 2 aromatic rings. The van der Waals surface area contributed by atoms with E-state index in [1.807, 2.05) is 49.5 Å². The lowest BCUT2D eigenvalue weighted by Gasteiger charge is -2.11. The van der Waals surface area contributed by atoms with Crippen molar-refractivity contribution < 1.29 is 0 Å². The largest absolute Gasteiger partial charge is 0.388 e. The van der Waals surface area contributed by atoms with Crippen LogP contribution in [0.2, 0.25) is 0 Å². The van der Waals surface area contributed by atoms with Gasteiger partial charge in [-0.05, 0) is 36.0 Å². The third kappa shape index (κ3) is 4.26. The van der Waals surface area contributed by atoms with Crippen molar-refractivity contribution in [2.45, 2.75) is 6.54 Å². The highest BCUT2D eigenvalue weighted by atomic mass is 32.1.